The van der Waals surface area contributed by atoms with Gasteiger partial charge >= 0.3 is 0 Å². The Morgan fingerprint density at radius 3 is 2.77 bits per heavy atom. The van der Waals surface area contributed by atoms with Gasteiger partial charge in [-0.2, -0.15) is 0 Å². The first-order valence-corrected chi connectivity index (χ1v) is 5.61. The molecular weight excluding hydrogens is 230 g/mol. The number of hydrogen-bond donors (Lipinski definition) is 1. The molecule has 0 aromatic carbocycles. The van der Waals surface area contributed by atoms with Gasteiger partial charge < -0.3 is 5.11 Å². The molecule has 0 saturated heterocycles. The Bertz CT molecular complexity index is 310. The molecule has 0 radical (unpaired) electrons. The average Bonchev–Trinajstić information content (AvgIpc) is 2.14. The maximum Gasteiger partial charge on any atom is 0.106 e. The highest BCUT2D eigenvalue weighted by Gasteiger charge is 2.37. The van der Waals surface area contributed by atoms with Crippen LogP contribution < -0.4 is 0 Å². The maximum absolute atomic E-state index is 10.0. The maximum atomic E-state index is 10.0. The molecule has 2 rings (SSSR count). The van der Waals surface area contributed by atoms with E-state index in [4.69, 9.17) is 0 Å². The Morgan fingerprint density at radius 1 is 1.46 bits per heavy atom. The molecule has 0 atom stereocenters. The Hall–Kier alpha value is -0.410. The van der Waals surface area contributed by atoms with Gasteiger partial charge in [0.15, 0.2) is 0 Å². The number of hydrogen-bond acceptors (Lipinski definition) is 2. The first-order valence-electron chi connectivity index (χ1n) is 4.49. The molecule has 1 N–H and O–H groups in total. The summed E-state index contributed by atoms with van der Waals surface area (Å²) in [5, 5.41) is 10.8. The normalized spacial score (nSPS) is 19.5. The molecule has 70 valence electrons. The van der Waals surface area contributed by atoms with Crippen LogP contribution in [-0.4, -0.2) is 10.1 Å². The predicted octanol–water partition coefficient (Wildman–Crippen LogP) is 2.35. The molecule has 0 bridgehead atoms. The number of nitrogens with zero attached hydrogens (tertiary/aromatic N) is 1. The van der Waals surface area contributed by atoms with E-state index >= 15 is 0 Å². The van der Waals surface area contributed by atoms with E-state index < -0.39 is 5.60 Å². The van der Waals surface area contributed by atoms with Crippen molar-refractivity contribution in [2.45, 2.75) is 30.2 Å². The molecule has 1 fully saturated rings. The molecule has 1 aliphatic rings. The summed E-state index contributed by atoms with van der Waals surface area (Å²) in [5.74, 6) is 0. The van der Waals surface area contributed by atoms with Gasteiger partial charge in [-0.3, -0.25) is 4.98 Å². The first-order chi connectivity index (χ1) is 6.24. The van der Waals surface area contributed by atoms with E-state index in [1.165, 1.54) is 0 Å². The monoisotopic (exact) mass is 241 g/mol. The van der Waals surface area contributed by atoms with Crippen LogP contribution >= 0.6 is 15.9 Å². The largest absolute Gasteiger partial charge is 0.384 e. The third kappa shape index (κ3) is 1.63. The summed E-state index contributed by atoms with van der Waals surface area (Å²) in [5.41, 5.74) is 1.19. The summed E-state index contributed by atoms with van der Waals surface area (Å²) < 4.78 is 0. The highest BCUT2D eigenvalue weighted by Crippen LogP contribution is 2.39. The molecule has 1 heterocycles. The van der Waals surface area contributed by atoms with Crippen molar-refractivity contribution in [2.75, 3.05) is 0 Å². The zero-order chi connectivity index (χ0) is 9.31. The van der Waals surface area contributed by atoms with Crippen LogP contribution in [0.2, 0.25) is 0 Å². The highest BCUT2D eigenvalue weighted by molar-refractivity contribution is 9.08. The molecule has 13 heavy (non-hydrogen) atoms. The fourth-order valence-electron chi connectivity index (χ4n) is 1.58. The quantitative estimate of drug-likeness (QED) is 0.807. The van der Waals surface area contributed by atoms with Gasteiger partial charge in [-0.05, 0) is 31.4 Å². The number of aliphatic hydroxyl groups is 1. The second-order valence-electron chi connectivity index (χ2n) is 3.53. The predicted molar refractivity (Wildman–Crippen MR) is 54.6 cm³/mol. The van der Waals surface area contributed by atoms with E-state index in [1.54, 1.807) is 0 Å². The van der Waals surface area contributed by atoms with E-state index in [0.29, 0.717) is 0 Å². The minimum atomic E-state index is -0.627. The molecule has 0 spiro atoms. The minimum Gasteiger partial charge on any atom is -0.384 e. The lowest BCUT2D eigenvalue weighted by molar-refractivity contribution is -0.0427. The number of pyridine rings is 1. The van der Waals surface area contributed by atoms with Crippen molar-refractivity contribution in [3.05, 3.63) is 29.6 Å². The summed E-state index contributed by atoms with van der Waals surface area (Å²) in [6, 6.07) is 5.82. The van der Waals surface area contributed by atoms with Crippen LogP contribution in [0, 0.1) is 0 Å². The molecule has 0 unspecified atom stereocenters. The van der Waals surface area contributed by atoms with Crippen molar-refractivity contribution in [2.24, 2.45) is 0 Å². The van der Waals surface area contributed by atoms with Gasteiger partial charge in [0, 0.05) is 5.33 Å². The standard InChI is InChI=1S/C10H12BrNO/c11-7-8-3-1-4-9(12-8)10(13)5-2-6-10/h1,3-4,13H,2,5-7H2. The van der Waals surface area contributed by atoms with Crippen LogP contribution in [0.4, 0.5) is 0 Å². The fourth-order valence-corrected chi connectivity index (χ4v) is 1.89. The highest BCUT2D eigenvalue weighted by atomic mass is 79.9. The summed E-state index contributed by atoms with van der Waals surface area (Å²) in [7, 11) is 0. The second kappa shape index (κ2) is 3.39. The summed E-state index contributed by atoms with van der Waals surface area (Å²) in [6.45, 7) is 0. The van der Waals surface area contributed by atoms with Crippen molar-refractivity contribution in [1.82, 2.24) is 4.98 Å². The van der Waals surface area contributed by atoms with Crippen LogP contribution in [-0.2, 0) is 10.9 Å². The van der Waals surface area contributed by atoms with Gasteiger partial charge in [0.25, 0.3) is 0 Å². The Kier molecular flexibility index (Phi) is 2.39. The molecule has 0 amide bonds. The lowest BCUT2D eigenvalue weighted by Gasteiger charge is -2.36. The van der Waals surface area contributed by atoms with Gasteiger partial charge in [-0.25, -0.2) is 0 Å². The molecule has 2 nitrogen and oxygen atoms in total. The van der Waals surface area contributed by atoms with Crippen molar-refractivity contribution in [1.29, 1.82) is 0 Å². The Labute approximate surface area is 86.1 Å². The molecule has 0 aliphatic heterocycles. The fraction of sp³-hybridized carbons (Fsp3) is 0.500. The van der Waals surface area contributed by atoms with Crippen LogP contribution in [0.25, 0.3) is 0 Å². The third-order valence-corrected chi connectivity index (χ3v) is 3.18. The second-order valence-corrected chi connectivity index (χ2v) is 4.09. The molecule has 1 aromatic rings. The van der Waals surface area contributed by atoms with E-state index in [-0.39, 0.29) is 0 Å². The van der Waals surface area contributed by atoms with Crippen molar-refractivity contribution in [3.63, 3.8) is 0 Å². The van der Waals surface area contributed by atoms with Gasteiger partial charge in [0.05, 0.1) is 11.4 Å². The summed E-state index contributed by atoms with van der Waals surface area (Å²) >= 11 is 3.35. The van der Waals surface area contributed by atoms with Crippen LogP contribution in [0.5, 0.6) is 0 Å². The first kappa shape index (κ1) is 9.16. The van der Waals surface area contributed by atoms with Crippen molar-refractivity contribution < 1.29 is 5.11 Å². The van der Waals surface area contributed by atoms with Crippen molar-refractivity contribution in [3.8, 4) is 0 Å². The molecule has 3 heteroatoms. The number of halogens is 1. The SMILES string of the molecule is OC1(c2cccc(CBr)n2)CCC1. The summed E-state index contributed by atoms with van der Waals surface area (Å²) in [6.07, 6.45) is 2.81. The topological polar surface area (TPSA) is 33.1 Å². The Morgan fingerprint density at radius 2 is 2.23 bits per heavy atom. The van der Waals surface area contributed by atoms with E-state index in [1.807, 2.05) is 18.2 Å². The van der Waals surface area contributed by atoms with E-state index in [2.05, 4.69) is 20.9 Å². The van der Waals surface area contributed by atoms with Crippen LogP contribution in [0.3, 0.4) is 0 Å². The lowest BCUT2D eigenvalue weighted by atomic mass is 9.77. The smallest absolute Gasteiger partial charge is 0.106 e. The molecule has 1 saturated carbocycles. The molecule has 1 aromatic heterocycles. The van der Waals surface area contributed by atoms with Gasteiger partial charge in [-0.15, -0.1) is 0 Å². The van der Waals surface area contributed by atoms with E-state index in [0.717, 1.165) is 36.0 Å². The van der Waals surface area contributed by atoms with Crippen molar-refractivity contribution >= 4 is 15.9 Å². The molecule has 1 aliphatic carbocycles. The van der Waals surface area contributed by atoms with Crippen LogP contribution in [0.15, 0.2) is 18.2 Å². The van der Waals surface area contributed by atoms with Gasteiger partial charge in [0.1, 0.15) is 5.60 Å². The average molecular weight is 242 g/mol. The van der Waals surface area contributed by atoms with Gasteiger partial charge in [0.2, 0.25) is 0 Å². The Balaban J connectivity index is 2.29. The number of aromatic nitrogens is 1. The summed E-state index contributed by atoms with van der Waals surface area (Å²) in [4.78, 5) is 4.39. The molecular formula is C10H12BrNO. The minimum absolute atomic E-state index is 0.627. The number of rotatable bonds is 2. The zero-order valence-electron chi connectivity index (χ0n) is 7.33. The van der Waals surface area contributed by atoms with Gasteiger partial charge in [-0.1, -0.05) is 22.0 Å². The zero-order valence-corrected chi connectivity index (χ0v) is 8.92. The van der Waals surface area contributed by atoms with Crippen LogP contribution in [0.1, 0.15) is 30.7 Å². The lowest BCUT2D eigenvalue weighted by Crippen LogP contribution is -2.34. The number of alkyl halides is 1. The van der Waals surface area contributed by atoms with E-state index in [9.17, 15) is 5.11 Å². The third-order valence-electron chi connectivity index (χ3n) is 2.60.